The van der Waals surface area contributed by atoms with E-state index < -0.39 is 177 Å². The van der Waals surface area contributed by atoms with E-state index in [0.717, 1.165) is 6.07 Å². The number of halogens is 17. The summed E-state index contributed by atoms with van der Waals surface area (Å²) in [5, 5.41) is -16.0. The summed E-state index contributed by atoms with van der Waals surface area (Å²) in [7, 11) is -3.20. The van der Waals surface area contributed by atoms with E-state index in [-0.39, 0.29) is 6.07 Å². The molecule has 20 heteroatoms. The van der Waals surface area contributed by atoms with E-state index in [1.54, 1.807) is 0 Å². The second kappa shape index (κ2) is 12.4. The molecular weight excluding hydrogens is 798 g/mol. The van der Waals surface area contributed by atoms with Crippen LogP contribution >= 0.6 is 0 Å². The van der Waals surface area contributed by atoms with Gasteiger partial charge in [0.15, 0.2) is 93.1 Å². The molecule has 0 saturated carbocycles. The van der Waals surface area contributed by atoms with Crippen LogP contribution in [0.4, 0.5) is 74.6 Å². The molecule has 8 aromatic rings. The van der Waals surface area contributed by atoms with Crippen LogP contribution in [0.15, 0.2) is 36.4 Å². The molecule has 0 aliphatic rings. The predicted octanol–water partition coefficient (Wildman–Crippen LogP) is 11.1. The highest BCUT2D eigenvalue weighted by molar-refractivity contribution is 6.66. The minimum atomic E-state index is -3.20. The van der Waals surface area contributed by atoms with Gasteiger partial charge in [-0.3, -0.25) is 0 Å². The zero-order chi connectivity index (χ0) is 40.6. The Balaban J connectivity index is 1.54. The Morgan fingerprint density at radius 3 is 1.36 bits per heavy atom. The summed E-state index contributed by atoms with van der Waals surface area (Å²) in [6.45, 7) is 0. The molecule has 0 radical (unpaired) electrons. The summed E-state index contributed by atoms with van der Waals surface area (Å²) < 4.78 is 268. The molecule has 0 atom stereocenters. The van der Waals surface area contributed by atoms with E-state index in [4.69, 9.17) is 9.31 Å². The molecule has 0 aliphatic heterocycles. The third kappa shape index (κ3) is 4.73. The molecular formula is C36H6BF17O2. The Morgan fingerprint density at radius 2 is 0.750 bits per heavy atom. The van der Waals surface area contributed by atoms with Crippen molar-refractivity contribution in [2.75, 3.05) is 0 Å². The van der Waals surface area contributed by atoms with Crippen molar-refractivity contribution < 1.29 is 83.9 Å². The number of fused-ring (bicyclic) bond motifs is 2. The SMILES string of the molecule is Fc1cc2c(OB(Oc3cccc4c(F)c(F)c(F)c(F)c34)c3c(F)c(F)c4c(F)c(F)c5c(F)c(F)c(F)c6c(F)c(F)c3c4c56)ccc(F)c2c(F)c1F. The maximum absolute atomic E-state index is 16.4. The number of rotatable bonds is 5. The van der Waals surface area contributed by atoms with Crippen molar-refractivity contribution in [3.63, 3.8) is 0 Å². The lowest BCUT2D eigenvalue weighted by molar-refractivity contribution is 0.413. The van der Waals surface area contributed by atoms with E-state index in [2.05, 4.69) is 0 Å². The van der Waals surface area contributed by atoms with Crippen molar-refractivity contribution in [2.45, 2.75) is 0 Å². The van der Waals surface area contributed by atoms with Crippen molar-refractivity contribution >= 4 is 66.4 Å². The molecule has 0 saturated heterocycles. The first kappa shape index (κ1) is 36.8. The highest BCUT2D eigenvalue weighted by Gasteiger charge is 2.42. The van der Waals surface area contributed by atoms with Crippen molar-refractivity contribution in [3.8, 4) is 11.5 Å². The Hall–Kier alpha value is -6.21. The van der Waals surface area contributed by atoms with Gasteiger partial charge >= 0.3 is 7.12 Å². The summed E-state index contributed by atoms with van der Waals surface area (Å²) in [5.74, 6) is -42.9. The van der Waals surface area contributed by atoms with Gasteiger partial charge in [-0.15, -0.1) is 0 Å². The first-order valence-electron chi connectivity index (χ1n) is 15.1. The number of hydrogen-bond acceptors (Lipinski definition) is 2. The van der Waals surface area contributed by atoms with Crippen LogP contribution < -0.4 is 14.8 Å². The maximum Gasteiger partial charge on any atom is 0.636 e. The van der Waals surface area contributed by atoms with E-state index in [0.29, 0.717) is 24.3 Å². The molecule has 0 spiro atoms. The van der Waals surface area contributed by atoms with E-state index >= 15 is 39.5 Å². The average molecular weight is 804 g/mol. The molecule has 0 aromatic heterocycles. The first-order valence-corrected chi connectivity index (χ1v) is 15.1. The van der Waals surface area contributed by atoms with Crippen LogP contribution in [-0.2, 0) is 0 Å². The minimum Gasteiger partial charge on any atom is -0.521 e. The smallest absolute Gasteiger partial charge is 0.521 e. The molecule has 0 heterocycles. The zero-order valence-corrected chi connectivity index (χ0v) is 26.3. The highest BCUT2D eigenvalue weighted by atomic mass is 19.2. The van der Waals surface area contributed by atoms with Crippen molar-refractivity contribution in [1.82, 2.24) is 0 Å². The molecule has 8 aromatic carbocycles. The molecule has 0 fully saturated rings. The van der Waals surface area contributed by atoms with Crippen LogP contribution in [0.5, 0.6) is 11.5 Å². The lowest BCUT2D eigenvalue weighted by Crippen LogP contribution is -2.46. The van der Waals surface area contributed by atoms with Gasteiger partial charge in [0.1, 0.15) is 17.3 Å². The molecule has 0 aliphatic carbocycles. The van der Waals surface area contributed by atoms with Gasteiger partial charge in [-0.05, 0) is 24.3 Å². The molecule has 2 nitrogen and oxygen atoms in total. The average Bonchev–Trinajstić information content (AvgIpc) is 3.16. The Morgan fingerprint density at radius 1 is 0.304 bits per heavy atom. The summed E-state index contributed by atoms with van der Waals surface area (Å²) in [6, 6.07) is 2.80. The van der Waals surface area contributed by atoms with Gasteiger partial charge in [0.2, 0.25) is 0 Å². The molecule has 284 valence electrons. The normalized spacial score (nSPS) is 12.0. The second-order valence-corrected chi connectivity index (χ2v) is 11.9. The van der Waals surface area contributed by atoms with Crippen LogP contribution in [-0.4, -0.2) is 7.12 Å². The Kier molecular flexibility index (Phi) is 8.14. The van der Waals surface area contributed by atoms with Crippen molar-refractivity contribution in [1.29, 1.82) is 0 Å². The standard InChI is InChI=1S/C36H6BF17O2/c38-9-4-5-11(8-6-10(39)23(41)24(42)13(8)9)55-37(56-12-3-1-2-7-14(12)25(43)36(54)34(52)22(7)40)21-17-15-16-19(27(45)26(17)44)31(49)35(53)32(50)20(16)29(47)28(46)18(15)30(48)33(21)51/h1-6H. The topological polar surface area (TPSA) is 18.5 Å². The van der Waals surface area contributed by atoms with Gasteiger partial charge in [-0.25, -0.2) is 74.6 Å². The number of benzene rings is 8. The maximum atomic E-state index is 16.4. The Bertz CT molecular complexity index is 3060. The van der Waals surface area contributed by atoms with Crippen molar-refractivity contribution in [3.05, 3.63) is 135 Å². The van der Waals surface area contributed by atoms with E-state index in [9.17, 15) is 35.1 Å². The zero-order valence-electron chi connectivity index (χ0n) is 26.3. The van der Waals surface area contributed by atoms with Crippen LogP contribution in [0.1, 0.15) is 0 Å². The van der Waals surface area contributed by atoms with Gasteiger partial charge in [-0.1, -0.05) is 12.1 Å². The lowest BCUT2D eigenvalue weighted by Gasteiger charge is -2.24. The fourth-order valence-corrected chi connectivity index (χ4v) is 6.65. The largest absolute Gasteiger partial charge is 0.636 e. The van der Waals surface area contributed by atoms with Gasteiger partial charge in [0.25, 0.3) is 0 Å². The fraction of sp³-hybridized carbons (Fsp3) is 0. The van der Waals surface area contributed by atoms with E-state index in [1.807, 2.05) is 0 Å². The Labute approximate surface area is 297 Å². The number of hydrogen-bond donors (Lipinski definition) is 0. The van der Waals surface area contributed by atoms with Gasteiger partial charge in [0, 0.05) is 26.9 Å². The molecule has 56 heavy (non-hydrogen) atoms. The fourth-order valence-electron chi connectivity index (χ4n) is 6.65. The monoisotopic (exact) mass is 804 g/mol. The van der Waals surface area contributed by atoms with Crippen LogP contribution in [0.2, 0.25) is 0 Å². The lowest BCUT2D eigenvalue weighted by atomic mass is 9.72. The molecule has 0 unspecified atom stereocenters. The predicted molar refractivity (Wildman–Crippen MR) is 164 cm³/mol. The second-order valence-electron chi connectivity index (χ2n) is 11.9. The van der Waals surface area contributed by atoms with Crippen LogP contribution in [0.3, 0.4) is 0 Å². The van der Waals surface area contributed by atoms with Gasteiger partial charge < -0.3 is 9.31 Å². The molecule has 0 bridgehead atoms. The summed E-state index contributed by atoms with van der Waals surface area (Å²) in [4.78, 5) is 0. The van der Waals surface area contributed by atoms with Gasteiger partial charge in [-0.2, -0.15) is 0 Å². The third-order valence-corrected chi connectivity index (χ3v) is 9.07. The van der Waals surface area contributed by atoms with Crippen LogP contribution in [0, 0.1) is 98.9 Å². The highest BCUT2D eigenvalue weighted by Crippen LogP contribution is 2.45. The van der Waals surface area contributed by atoms with Crippen LogP contribution in [0.25, 0.3) is 53.9 Å². The van der Waals surface area contributed by atoms with Gasteiger partial charge in [0.05, 0.1) is 32.4 Å². The van der Waals surface area contributed by atoms with Crippen molar-refractivity contribution in [2.24, 2.45) is 0 Å². The molecule has 8 rings (SSSR count). The molecule has 0 N–H and O–H groups in total. The summed E-state index contributed by atoms with van der Waals surface area (Å²) >= 11 is 0. The summed E-state index contributed by atoms with van der Waals surface area (Å²) in [5.41, 5.74) is -1.91. The minimum absolute atomic E-state index is 0.0773. The molecule has 0 amide bonds. The first-order chi connectivity index (χ1) is 26.4. The van der Waals surface area contributed by atoms with E-state index in [1.165, 1.54) is 0 Å². The quantitative estimate of drug-likeness (QED) is 0.0567. The summed E-state index contributed by atoms with van der Waals surface area (Å²) in [6.07, 6.45) is 0. The third-order valence-electron chi connectivity index (χ3n) is 9.07.